The van der Waals surface area contributed by atoms with Crippen molar-refractivity contribution in [3.05, 3.63) is 47.4 Å². The number of esters is 1. The molecular weight excluding hydrogens is 374 g/mol. The minimum absolute atomic E-state index is 0.00318. The number of carbonyl (C=O) groups is 3. The first kappa shape index (κ1) is 22.1. The smallest absolute Gasteiger partial charge is 0.336 e. The number of aromatic nitrogens is 2. The van der Waals surface area contributed by atoms with Crippen LogP contribution in [0.1, 0.15) is 66.1 Å². The van der Waals surface area contributed by atoms with Crippen LogP contribution in [-0.2, 0) is 22.5 Å². The number of benzene rings is 1. The van der Waals surface area contributed by atoms with E-state index in [4.69, 9.17) is 4.74 Å². The average Bonchev–Trinajstić information content (AvgIpc) is 3.06. The maximum absolute atomic E-state index is 12.6. The molecule has 0 fully saturated rings. The number of hydrogen-bond acceptors (Lipinski definition) is 5. The lowest BCUT2D eigenvalue weighted by Crippen LogP contribution is -2.16. The number of aromatic carboxylic acids is 1. The van der Waals surface area contributed by atoms with Crippen molar-refractivity contribution < 1.29 is 24.2 Å². The third kappa shape index (κ3) is 6.44. The normalized spacial score (nSPS) is 10.6. The second kappa shape index (κ2) is 11.0. The lowest BCUT2D eigenvalue weighted by atomic mass is 10.1. The first-order valence-corrected chi connectivity index (χ1v) is 9.81. The first-order valence-electron chi connectivity index (χ1n) is 9.81. The predicted octanol–water partition coefficient (Wildman–Crippen LogP) is 3.52. The van der Waals surface area contributed by atoms with Crippen LogP contribution in [-0.4, -0.2) is 39.1 Å². The molecule has 0 radical (unpaired) electrons. The topological polar surface area (TPSA) is 111 Å². The van der Waals surface area contributed by atoms with E-state index in [1.54, 1.807) is 25.3 Å². The molecule has 8 heteroatoms. The van der Waals surface area contributed by atoms with Crippen molar-refractivity contribution in [1.82, 2.24) is 9.55 Å². The van der Waals surface area contributed by atoms with Gasteiger partial charge in [-0.1, -0.05) is 38.3 Å². The van der Waals surface area contributed by atoms with Crippen molar-refractivity contribution in [2.24, 2.45) is 0 Å². The van der Waals surface area contributed by atoms with Crippen LogP contribution in [0.4, 0.5) is 5.82 Å². The van der Waals surface area contributed by atoms with Gasteiger partial charge >= 0.3 is 11.9 Å². The third-order valence-corrected chi connectivity index (χ3v) is 4.36. The molecule has 0 saturated heterocycles. The number of amides is 1. The van der Waals surface area contributed by atoms with Gasteiger partial charge in [-0.05, 0) is 25.5 Å². The van der Waals surface area contributed by atoms with Gasteiger partial charge in [0.25, 0.3) is 5.91 Å². The number of carbonyl (C=O) groups excluding carboxylic acids is 2. The fourth-order valence-electron chi connectivity index (χ4n) is 2.95. The standard InChI is InChI=1S/C21H27N3O5/c1-3-5-6-9-12-24-14-17(22-18(24)13-19(25)29-4-2)23-20(26)15-10-7-8-11-16(15)21(27)28/h7-8,10-11,14H,3-6,9,12-13H2,1-2H3,(H,23,26)(H,27,28). The highest BCUT2D eigenvalue weighted by atomic mass is 16.5. The summed E-state index contributed by atoms with van der Waals surface area (Å²) in [6.45, 7) is 4.82. The lowest BCUT2D eigenvalue weighted by molar-refractivity contribution is -0.142. The Morgan fingerprint density at radius 1 is 1.10 bits per heavy atom. The number of carboxylic acid groups (broad SMARTS) is 1. The Bertz CT molecular complexity index is 860. The molecule has 1 aromatic heterocycles. The van der Waals surface area contributed by atoms with Crippen molar-refractivity contribution in [2.45, 2.75) is 52.5 Å². The molecule has 2 rings (SSSR count). The highest BCUT2D eigenvalue weighted by molar-refractivity contribution is 6.10. The second-order valence-corrected chi connectivity index (χ2v) is 6.58. The zero-order valence-corrected chi connectivity index (χ0v) is 16.8. The molecule has 0 spiro atoms. The van der Waals surface area contributed by atoms with Gasteiger partial charge in [0.05, 0.1) is 17.7 Å². The molecule has 156 valence electrons. The van der Waals surface area contributed by atoms with E-state index < -0.39 is 11.9 Å². The van der Waals surface area contributed by atoms with E-state index in [1.165, 1.54) is 12.1 Å². The Hall–Kier alpha value is -3.16. The van der Waals surface area contributed by atoms with Crippen LogP contribution in [0, 0.1) is 0 Å². The first-order chi connectivity index (χ1) is 14.0. The summed E-state index contributed by atoms with van der Waals surface area (Å²) in [6, 6.07) is 5.97. The zero-order chi connectivity index (χ0) is 21.2. The van der Waals surface area contributed by atoms with E-state index in [1.807, 2.05) is 4.57 Å². The predicted molar refractivity (Wildman–Crippen MR) is 108 cm³/mol. The lowest BCUT2D eigenvalue weighted by Gasteiger charge is -2.07. The van der Waals surface area contributed by atoms with Gasteiger partial charge in [-0.25, -0.2) is 9.78 Å². The second-order valence-electron chi connectivity index (χ2n) is 6.58. The number of imidazole rings is 1. The molecule has 0 aliphatic carbocycles. The van der Waals surface area contributed by atoms with E-state index in [0.717, 1.165) is 25.7 Å². The van der Waals surface area contributed by atoms with Crippen LogP contribution in [0.25, 0.3) is 0 Å². The van der Waals surface area contributed by atoms with Crippen LogP contribution < -0.4 is 5.32 Å². The summed E-state index contributed by atoms with van der Waals surface area (Å²) < 4.78 is 6.84. The van der Waals surface area contributed by atoms with Crippen molar-refractivity contribution >= 4 is 23.7 Å². The summed E-state index contributed by atoms with van der Waals surface area (Å²) in [5, 5.41) is 11.9. The Kier molecular flexibility index (Phi) is 8.39. The number of carboxylic acids is 1. The quantitative estimate of drug-likeness (QED) is 0.440. The molecule has 0 unspecified atom stereocenters. The maximum atomic E-state index is 12.6. The number of rotatable bonds is 11. The van der Waals surface area contributed by atoms with E-state index >= 15 is 0 Å². The molecule has 0 aliphatic heterocycles. The number of ether oxygens (including phenoxy) is 1. The van der Waals surface area contributed by atoms with Crippen LogP contribution in [0.3, 0.4) is 0 Å². The molecule has 0 bridgehead atoms. The Balaban J connectivity index is 2.19. The Labute approximate surface area is 169 Å². The van der Waals surface area contributed by atoms with Crippen molar-refractivity contribution in [1.29, 1.82) is 0 Å². The summed E-state index contributed by atoms with van der Waals surface area (Å²) in [7, 11) is 0. The zero-order valence-electron chi connectivity index (χ0n) is 16.8. The number of anilines is 1. The minimum Gasteiger partial charge on any atom is -0.478 e. The monoisotopic (exact) mass is 401 g/mol. The molecule has 1 aromatic carbocycles. The van der Waals surface area contributed by atoms with Crippen molar-refractivity contribution in [2.75, 3.05) is 11.9 Å². The fraction of sp³-hybridized carbons (Fsp3) is 0.429. The number of nitrogens with zero attached hydrogens (tertiary/aromatic N) is 2. The molecule has 0 atom stereocenters. The van der Waals surface area contributed by atoms with Gasteiger partial charge in [0, 0.05) is 12.7 Å². The number of unbranched alkanes of at least 4 members (excludes halogenated alkanes) is 3. The van der Waals surface area contributed by atoms with E-state index in [0.29, 0.717) is 12.4 Å². The molecule has 8 nitrogen and oxygen atoms in total. The molecule has 1 amide bonds. The maximum Gasteiger partial charge on any atom is 0.336 e. The number of aryl methyl sites for hydroxylation is 1. The van der Waals surface area contributed by atoms with Gasteiger partial charge in [0.1, 0.15) is 12.2 Å². The SMILES string of the molecule is CCCCCCn1cc(NC(=O)c2ccccc2C(=O)O)nc1CC(=O)OCC. The molecule has 29 heavy (non-hydrogen) atoms. The highest BCUT2D eigenvalue weighted by Gasteiger charge is 2.18. The number of nitrogens with one attached hydrogen (secondary N) is 1. The molecule has 0 saturated carbocycles. The van der Waals surface area contributed by atoms with Gasteiger partial charge in [0.2, 0.25) is 0 Å². The Morgan fingerprint density at radius 2 is 1.83 bits per heavy atom. The minimum atomic E-state index is -1.18. The summed E-state index contributed by atoms with van der Waals surface area (Å²) in [6.07, 6.45) is 5.89. The molecule has 2 N–H and O–H groups in total. The van der Waals surface area contributed by atoms with Crippen LogP contribution in [0.2, 0.25) is 0 Å². The molecule has 0 aliphatic rings. The largest absolute Gasteiger partial charge is 0.478 e. The van der Waals surface area contributed by atoms with Crippen LogP contribution >= 0.6 is 0 Å². The van der Waals surface area contributed by atoms with Crippen molar-refractivity contribution in [3.63, 3.8) is 0 Å². The van der Waals surface area contributed by atoms with E-state index in [-0.39, 0.29) is 35.9 Å². The third-order valence-electron chi connectivity index (χ3n) is 4.36. The van der Waals surface area contributed by atoms with Crippen LogP contribution in [0.5, 0.6) is 0 Å². The van der Waals surface area contributed by atoms with Gasteiger partial charge in [0.15, 0.2) is 5.82 Å². The fourth-order valence-corrected chi connectivity index (χ4v) is 2.95. The van der Waals surface area contributed by atoms with E-state index in [9.17, 15) is 19.5 Å². The molecule has 1 heterocycles. The highest BCUT2D eigenvalue weighted by Crippen LogP contribution is 2.15. The Morgan fingerprint density at radius 3 is 2.48 bits per heavy atom. The summed E-state index contributed by atoms with van der Waals surface area (Å²) >= 11 is 0. The van der Waals surface area contributed by atoms with Crippen LogP contribution in [0.15, 0.2) is 30.5 Å². The molecular formula is C21H27N3O5. The summed E-state index contributed by atoms with van der Waals surface area (Å²) in [4.78, 5) is 40.1. The molecule has 2 aromatic rings. The van der Waals surface area contributed by atoms with Gasteiger partial charge in [-0.2, -0.15) is 0 Å². The average molecular weight is 401 g/mol. The number of hydrogen-bond donors (Lipinski definition) is 2. The summed E-state index contributed by atoms with van der Waals surface area (Å²) in [5.74, 6) is -1.37. The van der Waals surface area contributed by atoms with Gasteiger partial charge in [-0.15, -0.1) is 0 Å². The van der Waals surface area contributed by atoms with Gasteiger partial charge in [-0.3, -0.25) is 9.59 Å². The van der Waals surface area contributed by atoms with Crippen molar-refractivity contribution in [3.8, 4) is 0 Å². The van der Waals surface area contributed by atoms with Gasteiger partial charge < -0.3 is 19.7 Å². The summed E-state index contributed by atoms with van der Waals surface area (Å²) in [5.41, 5.74) is -0.0415. The van der Waals surface area contributed by atoms with E-state index in [2.05, 4.69) is 17.2 Å².